The summed E-state index contributed by atoms with van der Waals surface area (Å²) in [5.74, 6) is 0.334. The van der Waals surface area contributed by atoms with Crippen molar-refractivity contribution >= 4 is 23.2 Å². The number of nitrogens with one attached hydrogen (secondary N) is 1. The van der Waals surface area contributed by atoms with Crippen molar-refractivity contribution in [3.8, 4) is 0 Å². The number of carbonyl (C=O) groups is 1. The summed E-state index contributed by atoms with van der Waals surface area (Å²) in [4.78, 5) is 21.5. The van der Waals surface area contributed by atoms with E-state index in [0.717, 1.165) is 29.0 Å². The van der Waals surface area contributed by atoms with Crippen LogP contribution in [0.25, 0.3) is 0 Å². The highest BCUT2D eigenvalue weighted by Gasteiger charge is 2.30. The van der Waals surface area contributed by atoms with Crippen molar-refractivity contribution < 1.29 is 24.3 Å². The topological polar surface area (TPSA) is 77.3 Å². The Balaban J connectivity index is 1.89. The van der Waals surface area contributed by atoms with Crippen LogP contribution < -0.4 is 5.48 Å². The summed E-state index contributed by atoms with van der Waals surface area (Å²) in [6.45, 7) is 6.82. The molecule has 156 valence electrons. The van der Waals surface area contributed by atoms with E-state index in [1.165, 1.54) is 7.11 Å². The molecule has 2 N–H and O–H groups in total. The van der Waals surface area contributed by atoms with Crippen LogP contribution in [0.1, 0.15) is 17.5 Å². The van der Waals surface area contributed by atoms with Crippen molar-refractivity contribution in [2.24, 2.45) is 0 Å². The summed E-state index contributed by atoms with van der Waals surface area (Å²) in [6, 6.07) is 3.76. The summed E-state index contributed by atoms with van der Waals surface area (Å²) < 4.78 is 6.72. The normalized spacial score (nSPS) is 19.0. The third-order valence-electron chi connectivity index (χ3n) is 5.25. The number of ether oxygens (including phenoxy) is 1. The van der Waals surface area contributed by atoms with Gasteiger partial charge in [-0.05, 0) is 44.2 Å². The van der Waals surface area contributed by atoms with Gasteiger partial charge in [0.2, 0.25) is 5.76 Å². The number of hydrogen-bond acceptors (Lipinski definition) is 6. The van der Waals surface area contributed by atoms with Crippen LogP contribution in [0, 0.1) is 13.8 Å². The fourth-order valence-electron chi connectivity index (χ4n) is 3.28. The number of amides is 1. The van der Waals surface area contributed by atoms with E-state index in [1.807, 2.05) is 45.2 Å². The molecular weight excluding hydrogens is 372 g/mol. The summed E-state index contributed by atoms with van der Waals surface area (Å²) in [5.41, 5.74) is 6.50. The Hall–Kier alpha value is -2.84. The number of rotatable bonds is 4. The lowest BCUT2D eigenvalue weighted by Crippen LogP contribution is -2.47. The van der Waals surface area contributed by atoms with Crippen LogP contribution in [0.15, 0.2) is 36.1 Å². The fourth-order valence-corrected chi connectivity index (χ4v) is 3.28. The van der Waals surface area contributed by atoms with Gasteiger partial charge in [0.25, 0.3) is 11.4 Å². The van der Waals surface area contributed by atoms with Crippen molar-refractivity contribution in [2.45, 2.75) is 20.3 Å². The summed E-state index contributed by atoms with van der Waals surface area (Å²) in [6.07, 6.45) is 5.44. The molecule has 1 amide bonds. The SMILES string of the molecule is CONc1cc(C)c(C)cc1/[N+](O)=C1\CC=CC=C1OC(=O)N1CCN(C)CC1. The van der Waals surface area contributed by atoms with E-state index in [9.17, 15) is 10.0 Å². The maximum absolute atomic E-state index is 12.6. The predicted molar refractivity (Wildman–Crippen MR) is 111 cm³/mol. The average molecular weight is 401 g/mol. The zero-order valence-corrected chi connectivity index (χ0v) is 17.4. The molecule has 1 fully saturated rings. The second-order valence-electron chi connectivity index (χ2n) is 7.34. The molecule has 29 heavy (non-hydrogen) atoms. The molecule has 1 aliphatic carbocycles. The number of aryl methyl sites for hydroxylation is 2. The third kappa shape index (κ3) is 4.78. The Morgan fingerprint density at radius 3 is 2.55 bits per heavy atom. The van der Waals surface area contributed by atoms with Crippen LogP contribution in [-0.2, 0) is 9.57 Å². The van der Waals surface area contributed by atoms with Crippen LogP contribution in [0.2, 0.25) is 0 Å². The van der Waals surface area contributed by atoms with Crippen LogP contribution in [0.5, 0.6) is 0 Å². The van der Waals surface area contributed by atoms with Gasteiger partial charge >= 0.3 is 6.09 Å². The van der Waals surface area contributed by atoms with E-state index in [4.69, 9.17) is 9.57 Å². The Kier molecular flexibility index (Phi) is 6.56. The highest BCUT2D eigenvalue weighted by molar-refractivity contribution is 5.99. The number of nitrogens with zero attached hydrogens (tertiary/aromatic N) is 3. The standard InChI is InChI=1S/C21H29N4O4/c1-15-13-17(22-28-4)19(14-16(15)2)25(27)18-7-5-6-8-20(18)29-21(26)24-11-9-23(3)10-12-24/h5-6,8,13-14,22,27H,7,9-12H2,1-4H3/q+1/b25-18-. The van der Waals surface area contributed by atoms with E-state index in [-0.39, 0.29) is 0 Å². The molecule has 0 bridgehead atoms. The summed E-state index contributed by atoms with van der Waals surface area (Å²) >= 11 is 0. The van der Waals surface area contributed by atoms with Gasteiger partial charge in [-0.15, -0.1) is 0 Å². The lowest BCUT2D eigenvalue weighted by molar-refractivity contribution is -0.713. The Labute approximate surface area is 171 Å². The number of anilines is 1. The number of allylic oxidation sites excluding steroid dienone is 4. The average Bonchev–Trinajstić information content (AvgIpc) is 2.71. The van der Waals surface area contributed by atoms with Crippen molar-refractivity contribution in [2.75, 3.05) is 45.8 Å². The van der Waals surface area contributed by atoms with Gasteiger partial charge in [0.05, 0.1) is 13.5 Å². The second kappa shape index (κ2) is 9.11. The monoisotopic (exact) mass is 401 g/mol. The molecule has 8 heteroatoms. The summed E-state index contributed by atoms with van der Waals surface area (Å²) in [5, 5.41) is 11.0. The predicted octanol–water partition coefficient (Wildman–Crippen LogP) is 2.98. The molecule has 3 rings (SSSR count). The molecule has 0 radical (unpaired) electrons. The molecule has 0 unspecified atom stereocenters. The highest BCUT2D eigenvalue weighted by atomic mass is 16.6. The van der Waals surface area contributed by atoms with Crippen molar-refractivity contribution in [1.82, 2.24) is 9.80 Å². The maximum Gasteiger partial charge on any atom is 0.415 e. The molecule has 0 saturated carbocycles. The first kappa shape index (κ1) is 20.9. The van der Waals surface area contributed by atoms with Crippen molar-refractivity contribution in [3.05, 3.63) is 47.2 Å². The first-order valence-corrected chi connectivity index (χ1v) is 9.68. The quantitative estimate of drug-likeness (QED) is 0.459. The van der Waals surface area contributed by atoms with Gasteiger partial charge in [0.15, 0.2) is 0 Å². The molecule has 1 heterocycles. The Morgan fingerprint density at radius 2 is 1.86 bits per heavy atom. The van der Waals surface area contributed by atoms with E-state index in [1.54, 1.807) is 11.0 Å². The molecule has 0 spiro atoms. The van der Waals surface area contributed by atoms with Gasteiger partial charge in [-0.3, -0.25) is 15.5 Å². The van der Waals surface area contributed by atoms with E-state index in [2.05, 4.69) is 10.4 Å². The largest absolute Gasteiger partial charge is 0.415 e. The molecule has 8 nitrogen and oxygen atoms in total. The van der Waals surface area contributed by atoms with Crippen LogP contribution in [-0.4, -0.2) is 71.9 Å². The Bertz CT molecular complexity index is 868. The van der Waals surface area contributed by atoms with Gasteiger partial charge < -0.3 is 14.5 Å². The number of benzene rings is 1. The number of piperazine rings is 1. The number of hydrogen-bond donors (Lipinski definition) is 2. The zero-order valence-electron chi connectivity index (χ0n) is 17.4. The fraction of sp³-hybridized carbons (Fsp3) is 0.429. The highest BCUT2D eigenvalue weighted by Crippen LogP contribution is 2.29. The van der Waals surface area contributed by atoms with Crippen LogP contribution in [0.3, 0.4) is 0 Å². The first-order chi connectivity index (χ1) is 13.9. The van der Waals surface area contributed by atoms with Gasteiger partial charge in [-0.25, -0.2) is 4.79 Å². The van der Waals surface area contributed by atoms with E-state index >= 15 is 0 Å². The first-order valence-electron chi connectivity index (χ1n) is 9.68. The molecule has 0 atom stereocenters. The third-order valence-corrected chi connectivity index (χ3v) is 5.25. The van der Waals surface area contributed by atoms with Gasteiger partial charge in [0.1, 0.15) is 5.69 Å². The maximum atomic E-state index is 12.6. The minimum atomic E-state index is -0.402. The number of carbonyl (C=O) groups excluding carboxylic acids is 1. The molecule has 0 aromatic heterocycles. The van der Waals surface area contributed by atoms with Crippen molar-refractivity contribution in [1.29, 1.82) is 0 Å². The molecule has 2 aliphatic rings. The van der Waals surface area contributed by atoms with Crippen LogP contribution >= 0.6 is 0 Å². The van der Waals surface area contributed by atoms with Crippen molar-refractivity contribution in [3.63, 3.8) is 0 Å². The minimum Gasteiger partial charge on any atom is -0.403 e. The van der Waals surface area contributed by atoms with Gasteiger partial charge in [0, 0.05) is 37.0 Å². The molecule has 1 aromatic rings. The number of likely N-dealkylation sites (N-methyl/N-ethyl adjacent to an activating group) is 1. The Morgan fingerprint density at radius 1 is 1.17 bits per heavy atom. The molecule has 1 aromatic carbocycles. The van der Waals surface area contributed by atoms with E-state index in [0.29, 0.717) is 42.4 Å². The van der Waals surface area contributed by atoms with Gasteiger partial charge in [-0.1, -0.05) is 12.2 Å². The molecule has 1 saturated heterocycles. The second-order valence-corrected chi connectivity index (χ2v) is 7.34. The van der Waals surface area contributed by atoms with E-state index < -0.39 is 6.09 Å². The minimum absolute atomic E-state index is 0.334. The lowest BCUT2D eigenvalue weighted by atomic mass is 10.1. The zero-order chi connectivity index (χ0) is 21.0. The molecule has 1 aliphatic heterocycles. The molecular formula is C21H29N4O4+. The van der Waals surface area contributed by atoms with Gasteiger partial charge in [-0.2, -0.15) is 0 Å². The lowest BCUT2D eigenvalue weighted by Gasteiger charge is -2.31. The smallest absolute Gasteiger partial charge is 0.403 e. The van der Waals surface area contributed by atoms with Crippen LogP contribution in [0.4, 0.5) is 16.2 Å². The summed E-state index contributed by atoms with van der Waals surface area (Å²) in [7, 11) is 3.54.